The van der Waals surface area contributed by atoms with Gasteiger partial charge in [-0.25, -0.2) is 4.98 Å². The van der Waals surface area contributed by atoms with Crippen LogP contribution in [0.3, 0.4) is 0 Å². The van der Waals surface area contributed by atoms with E-state index in [0.29, 0.717) is 11.6 Å². The maximum absolute atomic E-state index is 6.39. The highest BCUT2D eigenvalue weighted by Crippen LogP contribution is 2.30. The largest absolute Gasteiger partial charge is 0.366 e. The zero-order valence-electron chi connectivity index (χ0n) is 15.3. The minimum Gasteiger partial charge on any atom is -0.366 e. The third kappa shape index (κ3) is 3.90. The van der Waals surface area contributed by atoms with Gasteiger partial charge in [0.25, 0.3) is 0 Å². The van der Waals surface area contributed by atoms with Gasteiger partial charge in [0.15, 0.2) is 5.65 Å². The van der Waals surface area contributed by atoms with Gasteiger partial charge in [-0.05, 0) is 40.2 Å². The molecule has 28 heavy (non-hydrogen) atoms. The van der Waals surface area contributed by atoms with E-state index in [0.717, 1.165) is 33.7 Å². The van der Waals surface area contributed by atoms with Crippen molar-refractivity contribution in [3.05, 3.63) is 81.4 Å². The molecule has 2 aromatic carbocycles. The molecule has 7 heteroatoms. The van der Waals surface area contributed by atoms with Crippen LogP contribution in [0, 0.1) is 0 Å². The summed E-state index contributed by atoms with van der Waals surface area (Å²) in [5.74, 6) is 0.852. The lowest BCUT2D eigenvalue weighted by Gasteiger charge is -2.12. The van der Waals surface area contributed by atoms with E-state index in [1.807, 2.05) is 37.4 Å². The number of rotatable bonds is 6. The predicted molar refractivity (Wildman–Crippen MR) is 118 cm³/mol. The molecule has 0 aliphatic heterocycles. The van der Waals surface area contributed by atoms with Crippen molar-refractivity contribution in [2.75, 3.05) is 12.4 Å². The van der Waals surface area contributed by atoms with Crippen molar-refractivity contribution in [2.45, 2.75) is 13.1 Å². The number of hydrogen-bond donors (Lipinski definition) is 2. The molecule has 4 rings (SSSR count). The Balaban J connectivity index is 1.67. The maximum atomic E-state index is 6.39. The van der Waals surface area contributed by atoms with E-state index in [-0.39, 0.29) is 0 Å². The summed E-state index contributed by atoms with van der Waals surface area (Å²) in [5.41, 5.74) is 4.87. The Bertz CT molecular complexity index is 1110. The Hall–Kier alpha value is -2.41. The Morgan fingerprint density at radius 1 is 1.04 bits per heavy atom. The Morgan fingerprint density at radius 2 is 1.75 bits per heavy atom. The molecule has 0 spiro atoms. The lowest BCUT2D eigenvalue weighted by Crippen LogP contribution is -2.08. The number of hydrogen-bond acceptors (Lipinski definition) is 4. The number of nitrogens with zero attached hydrogens (tertiary/aromatic N) is 3. The number of aromatic nitrogens is 3. The van der Waals surface area contributed by atoms with Gasteiger partial charge in [0.05, 0.1) is 16.4 Å². The van der Waals surface area contributed by atoms with Crippen LogP contribution >= 0.6 is 27.5 Å². The average Bonchev–Trinajstić information content (AvgIpc) is 3.09. The van der Waals surface area contributed by atoms with Gasteiger partial charge in [0.1, 0.15) is 5.82 Å². The number of nitrogens with one attached hydrogen (secondary N) is 2. The van der Waals surface area contributed by atoms with Crippen LogP contribution in [0.5, 0.6) is 0 Å². The van der Waals surface area contributed by atoms with Crippen LogP contribution < -0.4 is 10.6 Å². The van der Waals surface area contributed by atoms with Crippen molar-refractivity contribution in [1.29, 1.82) is 0 Å². The number of benzene rings is 2. The van der Waals surface area contributed by atoms with Gasteiger partial charge in [-0.2, -0.15) is 9.61 Å². The topological polar surface area (TPSA) is 54.2 Å². The van der Waals surface area contributed by atoms with Crippen molar-refractivity contribution in [2.24, 2.45) is 0 Å². The van der Waals surface area contributed by atoms with Gasteiger partial charge in [0.2, 0.25) is 0 Å². The minimum atomic E-state index is 0.668. The van der Waals surface area contributed by atoms with E-state index in [1.165, 1.54) is 11.1 Å². The van der Waals surface area contributed by atoms with Gasteiger partial charge in [-0.15, -0.1) is 0 Å². The van der Waals surface area contributed by atoms with Crippen LogP contribution in [-0.2, 0) is 13.1 Å². The second kappa shape index (κ2) is 8.31. The molecule has 142 valence electrons. The van der Waals surface area contributed by atoms with Gasteiger partial charge in [0, 0.05) is 29.7 Å². The Morgan fingerprint density at radius 3 is 2.46 bits per heavy atom. The highest BCUT2D eigenvalue weighted by atomic mass is 79.9. The predicted octanol–water partition coefficient (Wildman–Crippen LogP) is 5.14. The molecule has 4 aromatic rings. The van der Waals surface area contributed by atoms with Crippen molar-refractivity contribution in [3.63, 3.8) is 0 Å². The zero-order chi connectivity index (χ0) is 19.5. The second-order valence-electron chi connectivity index (χ2n) is 6.43. The van der Waals surface area contributed by atoms with Crippen LogP contribution in [-0.4, -0.2) is 21.6 Å². The molecule has 0 unspecified atom stereocenters. The first kappa shape index (κ1) is 18.9. The van der Waals surface area contributed by atoms with Crippen LogP contribution in [0.25, 0.3) is 16.9 Å². The van der Waals surface area contributed by atoms with Crippen LogP contribution in [0.15, 0.2) is 65.3 Å². The molecular formula is C21H19BrClN5. The molecule has 0 aliphatic rings. The summed E-state index contributed by atoms with van der Waals surface area (Å²) < 4.78 is 2.63. The SMILES string of the molecule is CNCc1ccc(CNc2cc(-c3ccccc3Cl)nc3c(Br)cnn23)cc1. The summed E-state index contributed by atoms with van der Waals surface area (Å²) in [5, 5.41) is 11.7. The van der Waals surface area contributed by atoms with Crippen molar-refractivity contribution in [3.8, 4) is 11.3 Å². The van der Waals surface area contributed by atoms with Crippen molar-refractivity contribution < 1.29 is 0 Å². The Labute approximate surface area is 176 Å². The normalized spacial score (nSPS) is 11.1. The molecule has 0 fully saturated rings. The molecule has 2 N–H and O–H groups in total. The standard InChI is InChI=1S/C21H19BrClN5/c1-24-11-14-6-8-15(9-7-14)12-25-20-10-19(16-4-2-3-5-18(16)23)27-21-17(22)13-26-28(20)21/h2-10,13,24-25H,11-12H2,1H3. The van der Waals surface area contributed by atoms with Crippen LogP contribution in [0.2, 0.25) is 5.02 Å². The molecule has 0 saturated heterocycles. The summed E-state index contributed by atoms with van der Waals surface area (Å²) in [4.78, 5) is 4.74. The summed E-state index contributed by atoms with van der Waals surface area (Å²) >= 11 is 9.92. The first-order valence-corrected chi connectivity index (χ1v) is 10.1. The summed E-state index contributed by atoms with van der Waals surface area (Å²) in [6.45, 7) is 1.54. The molecular weight excluding hydrogens is 438 g/mol. The number of halogens is 2. The first-order chi connectivity index (χ1) is 13.7. The second-order valence-corrected chi connectivity index (χ2v) is 7.70. The van der Waals surface area contributed by atoms with Gasteiger partial charge < -0.3 is 10.6 Å². The molecule has 5 nitrogen and oxygen atoms in total. The smallest absolute Gasteiger partial charge is 0.172 e. The summed E-state index contributed by atoms with van der Waals surface area (Å²) in [7, 11) is 1.95. The van der Waals surface area contributed by atoms with Gasteiger partial charge in [-0.1, -0.05) is 54.1 Å². The number of fused-ring (bicyclic) bond motifs is 1. The van der Waals surface area contributed by atoms with E-state index in [4.69, 9.17) is 16.6 Å². The monoisotopic (exact) mass is 455 g/mol. The molecule has 2 heterocycles. The highest BCUT2D eigenvalue weighted by Gasteiger charge is 2.13. The van der Waals surface area contributed by atoms with E-state index >= 15 is 0 Å². The van der Waals surface area contributed by atoms with E-state index in [1.54, 1.807) is 10.7 Å². The fourth-order valence-corrected chi connectivity index (χ4v) is 3.62. The fraction of sp³-hybridized carbons (Fsp3) is 0.143. The lowest BCUT2D eigenvalue weighted by atomic mass is 10.1. The number of anilines is 1. The summed E-state index contributed by atoms with van der Waals surface area (Å²) in [6.07, 6.45) is 1.75. The van der Waals surface area contributed by atoms with Crippen molar-refractivity contribution in [1.82, 2.24) is 19.9 Å². The van der Waals surface area contributed by atoms with E-state index in [2.05, 4.69) is 55.9 Å². The molecule has 0 atom stereocenters. The zero-order valence-corrected chi connectivity index (χ0v) is 17.6. The molecule has 0 bridgehead atoms. The molecule has 0 saturated carbocycles. The molecule has 0 aliphatic carbocycles. The third-order valence-electron chi connectivity index (χ3n) is 4.46. The van der Waals surface area contributed by atoms with E-state index in [9.17, 15) is 0 Å². The third-order valence-corrected chi connectivity index (χ3v) is 5.35. The van der Waals surface area contributed by atoms with Crippen LogP contribution in [0.4, 0.5) is 5.82 Å². The van der Waals surface area contributed by atoms with E-state index < -0.39 is 0 Å². The molecule has 0 amide bonds. The first-order valence-electron chi connectivity index (χ1n) is 8.91. The molecule has 0 radical (unpaired) electrons. The van der Waals surface area contributed by atoms with Crippen LogP contribution in [0.1, 0.15) is 11.1 Å². The highest BCUT2D eigenvalue weighted by molar-refractivity contribution is 9.10. The van der Waals surface area contributed by atoms with Crippen molar-refractivity contribution >= 4 is 39.0 Å². The maximum Gasteiger partial charge on any atom is 0.172 e. The Kier molecular flexibility index (Phi) is 5.62. The quantitative estimate of drug-likeness (QED) is 0.422. The fourth-order valence-electron chi connectivity index (χ4n) is 3.04. The lowest BCUT2D eigenvalue weighted by molar-refractivity contribution is 0.817. The van der Waals surface area contributed by atoms with Gasteiger partial charge in [-0.3, -0.25) is 0 Å². The minimum absolute atomic E-state index is 0.668. The van der Waals surface area contributed by atoms with Gasteiger partial charge >= 0.3 is 0 Å². The molecule has 2 aromatic heterocycles. The summed E-state index contributed by atoms with van der Waals surface area (Å²) in [6, 6.07) is 18.2. The average molecular weight is 457 g/mol.